The van der Waals surface area contributed by atoms with E-state index in [2.05, 4.69) is 26.9 Å². The van der Waals surface area contributed by atoms with Crippen LogP contribution in [-0.2, 0) is 21.4 Å². The van der Waals surface area contributed by atoms with E-state index in [1.807, 2.05) is 12.1 Å². The highest BCUT2D eigenvalue weighted by molar-refractivity contribution is 5.88. The minimum Gasteiger partial charge on any atom is -0.490 e. The summed E-state index contributed by atoms with van der Waals surface area (Å²) in [5.41, 5.74) is 3.62. The number of carbonyl (C=O) groups is 2. The van der Waals surface area contributed by atoms with Gasteiger partial charge >= 0.3 is 0 Å². The van der Waals surface area contributed by atoms with Crippen LogP contribution >= 0.6 is 0 Å². The van der Waals surface area contributed by atoms with E-state index in [9.17, 15) is 27.2 Å². The van der Waals surface area contributed by atoms with Crippen molar-refractivity contribution < 1.29 is 31.9 Å². The Morgan fingerprint density at radius 2 is 1.80 bits per heavy atom. The van der Waals surface area contributed by atoms with Crippen molar-refractivity contribution in [3.05, 3.63) is 88.5 Å². The number of piperidine rings is 1. The molecule has 3 aliphatic rings. The summed E-state index contributed by atoms with van der Waals surface area (Å²) >= 11 is 0. The molecule has 6 rings (SSSR count). The number of hydrogen-bond donors (Lipinski definition) is 3. The fraction of sp³-hybridized carbons (Fsp3) is 0.394. The van der Waals surface area contributed by atoms with E-state index in [-0.39, 0.29) is 35.6 Å². The van der Waals surface area contributed by atoms with Gasteiger partial charge in [0.25, 0.3) is 0 Å². The molecule has 1 unspecified atom stereocenters. The molecule has 2 atom stereocenters. The number of rotatable bonds is 7. The SMILES string of the molecule is CNC(=O)[C@@H](Cc1cc(F)c(F)c(F)c1)NC(=O)CC1CC2(CCN(c3ccc4c(c3)OCCN4)CC2)c2cc(F)ccc21. The average molecular weight is 611 g/mol. The van der Waals surface area contributed by atoms with Gasteiger partial charge in [0.05, 0.1) is 5.69 Å². The molecule has 2 aliphatic heterocycles. The van der Waals surface area contributed by atoms with Crippen molar-refractivity contribution in [2.45, 2.75) is 49.5 Å². The second kappa shape index (κ2) is 12.0. The van der Waals surface area contributed by atoms with E-state index in [1.54, 1.807) is 12.1 Å². The van der Waals surface area contributed by atoms with Gasteiger partial charge in [0.15, 0.2) is 17.5 Å². The van der Waals surface area contributed by atoms with Crippen LogP contribution in [0.25, 0.3) is 0 Å². The van der Waals surface area contributed by atoms with Crippen molar-refractivity contribution in [3.63, 3.8) is 0 Å². The maximum atomic E-state index is 14.5. The van der Waals surface area contributed by atoms with Crippen LogP contribution in [0.15, 0.2) is 48.5 Å². The fourth-order valence-electron chi connectivity index (χ4n) is 7.03. The van der Waals surface area contributed by atoms with Crippen molar-refractivity contribution in [2.24, 2.45) is 0 Å². The summed E-state index contributed by atoms with van der Waals surface area (Å²) in [5.74, 6) is -5.00. The van der Waals surface area contributed by atoms with Gasteiger partial charge in [-0.2, -0.15) is 0 Å². The zero-order chi connectivity index (χ0) is 31.0. The largest absolute Gasteiger partial charge is 0.490 e. The van der Waals surface area contributed by atoms with E-state index in [0.29, 0.717) is 13.0 Å². The molecule has 1 saturated heterocycles. The van der Waals surface area contributed by atoms with Gasteiger partial charge in [0.1, 0.15) is 24.2 Å². The van der Waals surface area contributed by atoms with E-state index >= 15 is 0 Å². The van der Waals surface area contributed by atoms with Gasteiger partial charge in [-0.3, -0.25) is 9.59 Å². The maximum absolute atomic E-state index is 14.5. The van der Waals surface area contributed by atoms with Crippen LogP contribution in [0.4, 0.5) is 28.9 Å². The number of nitrogens with zero attached hydrogens (tertiary/aromatic N) is 1. The molecule has 3 aromatic rings. The predicted molar refractivity (Wildman–Crippen MR) is 158 cm³/mol. The smallest absolute Gasteiger partial charge is 0.242 e. The molecule has 1 spiro atoms. The lowest BCUT2D eigenvalue weighted by Gasteiger charge is -2.41. The summed E-state index contributed by atoms with van der Waals surface area (Å²) in [5, 5.41) is 8.48. The summed E-state index contributed by atoms with van der Waals surface area (Å²) in [6.07, 6.45) is 2.04. The second-order valence-corrected chi connectivity index (χ2v) is 11.9. The standard InChI is InChI=1S/C33H34F4N4O3/c1-38-32(43)28(14-19-12-25(35)31(37)26(36)13-19)40-30(42)15-20-18-33(24-16-21(34)2-4-23(20)24)6-9-41(10-7-33)22-3-5-27-29(17-22)44-11-8-39-27/h2-5,12-13,16-17,20,28,39H,6-11,14-15,18H2,1H3,(H,38,43)(H,40,42)/t20?,28-/m1/s1. The Morgan fingerprint density at radius 1 is 1.05 bits per heavy atom. The van der Waals surface area contributed by atoms with Crippen LogP contribution in [-0.4, -0.2) is 51.1 Å². The number of nitrogens with one attached hydrogen (secondary N) is 3. The summed E-state index contributed by atoms with van der Waals surface area (Å²) in [4.78, 5) is 28.2. The zero-order valence-electron chi connectivity index (χ0n) is 24.3. The number of hydrogen-bond acceptors (Lipinski definition) is 5. The van der Waals surface area contributed by atoms with Crippen LogP contribution in [0.1, 0.15) is 48.3 Å². The van der Waals surface area contributed by atoms with E-state index in [1.165, 1.54) is 13.1 Å². The first kappa shape index (κ1) is 29.8. The van der Waals surface area contributed by atoms with Crippen molar-refractivity contribution in [2.75, 3.05) is 43.5 Å². The Balaban J connectivity index is 1.16. The zero-order valence-corrected chi connectivity index (χ0v) is 24.3. The Bertz CT molecular complexity index is 1570. The quantitative estimate of drug-likeness (QED) is 0.261. The number of fused-ring (bicyclic) bond motifs is 3. The summed E-state index contributed by atoms with van der Waals surface area (Å²) in [6, 6.07) is 11.4. The number of halogens is 4. The Hall–Kier alpha value is -4.28. The third-order valence-electron chi connectivity index (χ3n) is 9.20. The van der Waals surface area contributed by atoms with Crippen LogP contribution in [0, 0.1) is 23.3 Å². The van der Waals surface area contributed by atoms with Crippen LogP contribution in [0.5, 0.6) is 5.75 Å². The van der Waals surface area contributed by atoms with Gasteiger partial charge < -0.3 is 25.6 Å². The third kappa shape index (κ3) is 5.79. The molecule has 0 bridgehead atoms. The van der Waals surface area contributed by atoms with E-state index < -0.39 is 35.3 Å². The minimum absolute atomic E-state index is 0.0319. The molecule has 7 nitrogen and oxygen atoms in total. The molecule has 44 heavy (non-hydrogen) atoms. The number of anilines is 2. The monoisotopic (exact) mass is 610 g/mol. The van der Waals surface area contributed by atoms with Gasteiger partial charge in [-0.1, -0.05) is 6.07 Å². The first-order valence-electron chi connectivity index (χ1n) is 14.9. The lowest BCUT2D eigenvalue weighted by molar-refractivity contribution is -0.128. The number of benzene rings is 3. The van der Waals surface area contributed by atoms with Crippen LogP contribution in [0.3, 0.4) is 0 Å². The molecule has 232 valence electrons. The van der Waals surface area contributed by atoms with Crippen molar-refractivity contribution in [1.82, 2.24) is 10.6 Å². The summed E-state index contributed by atoms with van der Waals surface area (Å²) in [7, 11) is 1.39. The lowest BCUT2D eigenvalue weighted by Crippen LogP contribution is -2.47. The van der Waals surface area contributed by atoms with Gasteiger partial charge in [0.2, 0.25) is 11.8 Å². The number of carbonyl (C=O) groups excluding carboxylic acids is 2. The Labute approximate surface area is 253 Å². The van der Waals surface area contributed by atoms with Gasteiger partial charge in [0, 0.05) is 51.3 Å². The predicted octanol–water partition coefficient (Wildman–Crippen LogP) is 4.94. The first-order chi connectivity index (χ1) is 21.2. The highest BCUT2D eigenvalue weighted by atomic mass is 19.2. The average Bonchev–Trinajstić information content (AvgIpc) is 3.30. The molecule has 1 aliphatic carbocycles. The number of ether oxygens (including phenoxy) is 1. The topological polar surface area (TPSA) is 82.7 Å². The number of amides is 2. The van der Waals surface area contributed by atoms with Gasteiger partial charge in [-0.05, 0) is 83.7 Å². The molecule has 0 aromatic heterocycles. The molecule has 11 heteroatoms. The molecular formula is C33H34F4N4O3. The molecular weight excluding hydrogens is 576 g/mol. The molecule has 2 amide bonds. The summed E-state index contributed by atoms with van der Waals surface area (Å²) < 4.78 is 61.4. The minimum atomic E-state index is -1.60. The highest BCUT2D eigenvalue weighted by Crippen LogP contribution is 2.53. The molecule has 1 fully saturated rings. The number of likely N-dealkylation sites (N-methyl/N-ethyl adjacent to an activating group) is 1. The third-order valence-corrected chi connectivity index (χ3v) is 9.20. The van der Waals surface area contributed by atoms with Crippen molar-refractivity contribution in [3.8, 4) is 5.75 Å². The van der Waals surface area contributed by atoms with E-state index in [4.69, 9.17) is 4.74 Å². The molecule has 0 radical (unpaired) electrons. The first-order valence-corrected chi connectivity index (χ1v) is 14.9. The second-order valence-electron chi connectivity index (χ2n) is 11.9. The summed E-state index contributed by atoms with van der Waals surface area (Å²) in [6.45, 7) is 2.90. The molecule has 2 heterocycles. The van der Waals surface area contributed by atoms with Crippen LogP contribution < -0.4 is 25.6 Å². The normalized spacial score (nSPS) is 18.9. The van der Waals surface area contributed by atoms with Crippen molar-refractivity contribution >= 4 is 23.2 Å². The van der Waals surface area contributed by atoms with Crippen LogP contribution in [0.2, 0.25) is 0 Å². The Morgan fingerprint density at radius 3 is 2.52 bits per heavy atom. The molecule has 3 N–H and O–H groups in total. The van der Waals surface area contributed by atoms with Gasteiger partial charge in [-0.25, -0.2) is 17.6 Å². The maximum Gasteiger partial charge on any atom is 0.242 e. The van der Waals surface area contributed by atoms with Gasteiger partial charge in [-0.15, -0.1) is 0 Å². The highest BCUT2D eigenvalue weighted by Gasteiger charge is 2.46. The van der Waals surface area contributed by atoms with Crippen molar-refractivity contribution in [1.29, 1.82) is 0 Å². The molecule has 0 saturated carbocycles. The Kier molecular flexibility index (Phi) is 8.13. The van der Waals surface area contributed by atoms with E-state index in [0.717, 1.165) is 72.9 Å². The lowest BCUT2D eigenvalue weighted by atomic mass is 9.73. The molecule has 3 aromatic carbocycles. The fourth-order valence-corrected chi connectivity index (χ4v) is 7.03.